The first kappa shape index (κ1) is 20.4. The summed E-state index contributed by atoms with van der Waals surface area (Å²) in [6, 6.07) is 2.90. The molecule has 2 amide bonds. The highest BCUT2D eigenvalue weighted by Crippen LogP contribution is 2.01. The number of carboxylic acid groups (broad SMARTS) is 1. The summed E-state index contributed by atoms with van der Waals surface area (Å²) < 4.78 is 4.93. The zero-order valence-electron chi connectivity index (χ0n) is 13.2. The SMILES string of the molecule is CC(C)C[C@H](N)C(N)=O.O=C(O)CNC(=O)C=Cc1ccco1. The van der Waals surface area contributed by atoms with Crippen molar-refractivity contribution in [2.45, 2.75) is 26.3 Å². The Kier molecular flexibility index (Phi) is 9.77. The first-order chi connectivity index (χ1) is 10.7. The Morgan fingerprint density at radius 2 is 2.04 bits per heavy atom. The average Bonchev–Trinajstić information content (AvgIpc) is 2.96. The summed E-state index contributed by atoms with van der Waals surface area (Å²) in [5, 5.41) is 10.4. The van der Waals surface area contributed by atoms with E-state index in [2.05, 4.69) is 5.32 Å². The Balaban J connectivity index is 0.000000468. The molecule has 8 heteroatoms. The maximum atomic E-state index is 10.9. The molecule has 6 N–H and O–H groups in total. The summed E-state index contributed by atoms with van der Waals surface area (Å²) >= 11 is 0. The van der Waals surface area contributed by atoms with E-state index in [1.54, 1.807) is 12.1 Å². The van der Waals surface area contributed by atoms with E-state index in [1.807, 2.05) is 13.8 Å². The number of hydrogen-bond donors (Lipinski definition) is 4. The van der Waals surface area contributed by atoms with Crippen LogP contribution in [0.2, 0.25) is 0 Å². The molecular formula is C15H23N3O5. The molecule has 0 radical (unpaired) electrons. The van der Waals surface area contributed by atoms with E-state index < -0.39 is 23.8 Å². The number of hydrogen-bond acceptors (Lipinski definition) is 5. The van der Waals surface area contributed by atoms with Gasteiger partial charge in [0.1, 0.15) is 12.3 Å². The molecule has 8 nitrogen and oxygen atoms in total. The molecule has 0 aliphatic heterocycles. The Labute approximate surface area is 134 Å². The molecule has 1 aromatic rings. The van der Waals surface area contributed by atoms with Crippen LogP contribution in [0.25, 0.3) is 6.08 Å². The highest BCUT2D eigenvalue weighted by molar-refractivity contribution is 5.93. The third-order valence-electron chi connectivity index (χ3n) is 2.45. The maximum absolute atomic E-state index is 10.9. The number of carbonyl (C=O) groups excluding carboxylic acids is 2. The molecule has 1 aromatic heterocycles. The third-order valence-corrected chi connectivity index (χ3v) is 2.45. The molecule has 0 aliphatic carbocycles. The van der Waals surface area contributed by atoms with Crippen LogP contribution in [0.4, 0.5) is 0 Å². The fourth-order valence-electron chi connectivity index (χ4n) is 1.39. The number of furan rings is 1. The lowest BCUT2D eigenvalue weighted by molar-refractivity contribution is -0.137. The predicted octanol–water partition coefficient (Wildman–Crippen LogP) is 0.339. The second-order valence-corrected chi connectivity index (χ2v) is 5.10. The lowest BCUT2D eigenvalue weighted by atomic mass is 10.0. The van der Waals surface area contributed by atoms with Gasteiger partial charge in [0, 0.05) is 6.08 Å². The van der Waals surface area contributed by atoms with Gasteiger partial charge in [-0.05, 0) is 30.5 Å². The summed E-state index contributed by atoms with van der Waals surface area (Å²) in [7, 11) is 0. The zero-order valence-corrected chi connectivity index (χ0v) is 13.2. The molecular weight excluding hydrogens is 302 g/mol. The van der Waals surface area contributed by atoms with Gasteiger partial charge < -0.3 is 26.3 Å². The summed E-state index contributed by atoms with van der Waals surface area (Å²) in [5.74, 6) is -0.986. The molecule has 1 atom stereocenters. The smallest absolute Gasteiger partial charge is 0.322 e. The second kappa shape index (κ2) is 11.0. The Bertz CT molecular complexity index is 523. The minimum absolute atomic E-state index is 0.388. The van der Waals surface area contributed by atoms with Gasteiger partial charge in [0.05, 0.1) is 12.3 Å². The van der Waals surface area contributed by atoms with Crippen molar-refractivity contribution in [3.63, 3.8) is 0 Å². The van der Waals surface area contributed by atoms with Gasteiger partial charge in [-0.3, -0.25) is 14.4 Å². The van der Waals surface area contributed by atoms with Crippen molar-refractivity contribution in [1.29, 1.82) is 0 Å². The van der Waals surface area contributed by atoms with Crippen LogP contribution in [-0.2, 0) is 14.4 Å². The van der Waals surface area contributed by atoms with Gasteiger partial charge in [0.2, 0.25) is 11.8 Å². The quantitative estimate of drug-likeness (QED) is 0.531. The highest BCUT2D eigenvalue weighted by Gasteiger charge is 2.09. The van der Waals surface area contributed by atoms with Crippen LogP contribution in [0, 0.1) is 5.92 Å². The largest absolute Gasteiger partial charge is 0.480 e. The fourth-order valence-corrected chi connectivity index (χ4v) is 1.39. The molecule has 1 rings (SSSR count). The number of rotatable bonds is 7. The van der Waals surface area contributed by atoms with Crippen LogP contribution >= 0.6 is 0 Å². The Morgan fingerprint density at radius 3 is 2.43 bits per heavy atom. The van der Waals surface area contributed by atoms with E-state index in [0.29, 0.717) is 18.1 Å². The van der Waals surface area contributed by atoms with Crippen LogP contribution in [0.15, 0.2) is 28.9 Å². The summed E-state index contributed by atoms with van der Waals surface area (Å²) in [4.78, 5) is 31.4. The van der Waals surface area contributed by atoms with Crippen LogP contribution < -0.4 is 16.8 Å². The second-order valence-electron chi connectivity index (χ2n) is 5.10. The number of carbonyl (C=O) groups is 3. The van der Waals surface area contributed by atoms with E-state index >= 15 is 0 Å². The van der Waals surface area contributed by atoms with E-state index in [4.69, 9.17) is 21.0 Å². The fraction of sp³-hybridized carbons (Fsp3) is 0.400. The molecule has 0 unspecified atom stereocenters. The van der Waals surface area contributed by atoms with Gasteiger partial charge in [-0.25, -0.2) is 0 Å². The lowest BCUT2D eigenvalue weighted by Crippen LogP contribution is -2.37. The van der Waals surface area contributed by atoms with Crippen molar-refractivity contribution in [3.05, 3.63) is 30.2 Å². The first-order valence-corrected chi connectivity index (χ1v) is 6.98. The summed E-state index contributed by atoms with van der Waals surface area (Å²) in [6.45, 7) is 3.62. The molecule has 128 valence electrons. The molecule has 0 fully saturated rings. The zero-order chi connectivity index (χ0) is 17.8. The third kappa shape index (κ3) is 11.7. The number of amides is 2. The average molecular weight is 325 g/mol. The van der Waals surface area contributed by atoms with Gasteiger partial charge in [0.15, 0.2) is 0 Å². The number of nitrogens with two attached hydrogens (primary N) is 2. The molecule has 0 aliphatic rings. The van der Waals surface area contributed by atoms with Gasteiger partial charge in [-0.2, -0.15) is 0 Å². The number of nitrogens with one attached hydrogen (secondary N) is 1. The maximum Gasteiger partial charge on any atom is 0.322 e. The van der Waals surface area contributed by atoms with Crippen molar-refractivity contribution < 1.29 is 23.9 Å². The molecule has 0 saturated carbocycles. The molecule has 23 heavy (non-hydrogen) atoms. The van der Waals surface area contributed by atoms with Gasteiger partial charge >= 0.3 is 5.97 Å². The van der Waals surface area contributed by atoms with Gasteiger partial charge in [-0.15, -0.1) is 0 Å². The number of primary amides is 1. The Hall–Kier alpha value is -2.61. The number of carboxylic acids is 1. The van der Waals surface area contributed by atoms with Crippen LogP contribution in [0.1, 0.15) is 26.0 Å². The van der Waals surface area contributed by atoms with Crippen LogP contribution in [0.3, 0.4) is 0 Å². The van der Waals surface area contributed by atoms with Crippen molar-refractivity contribution >= 4 is 23.9 Å². The molecule has 0 spiro atoms. The topological polar surface area (TPSA) is 149 Å². The van der Waals surface area contributed by atoms with E-state index in [1.165, 1.54) is 18.4 Å². The molecule has 0 bridgehead atoms. The van der Waals surface area contributed by atoms with Gasteiger partial charge in [-0.1, -0.05) is 13.8 Å². The van der Waals surface area contributed by atoms with Gasteiger partial charge in [0.25, 0.3) is 0 Å². The highest BCUT2D eigenvalue weighted by atomic mass is 16.4. The molecule has 1 heterocycles. The first-order valence-electron chi connectivity index (χ1n) is 6.98. The number of aliphatic carboxylic acids is 1. The summed E-state index contributed by atoms with van der Waals surface area (Å²) in [5.41, 5.74) is 10.3. The Morgan fingerprint density at radius 1 is 1.39 bits per heavy atom. The monoisotopic (exact) mass is 325 g/mol. The standard InChI is InChI=1S/C9H9NO4.C6H14N2O/c11-8(10-6-9(12)13)4-3-7-2-1-5-14-7;1-4(2)3-5(7)6(8)9/h1-5H,6H2,(H,10,11)(H,12,13);4-5H,3,7H2,1-2H3,(H2,8,9)/t;5-/m.0/s1. The van der Waals surface area contributed by atoms with Crippen molar-refractivity contribution in [2.24, 2.45) is 17.4 Å². The van der Waals surface area contributed by atoms with Crippen molar-refractivity contribution in [3.8, 4) is 0 Å². The van der Waals surface area contributed by atoms with Crippen LogP contribution in [-0.4, -0.2) is 35.5 Å². The van der Waals surface area contributed by atoms with E-state index in [-0.39, 0.29) is 6.54 Å². The van der Waals surface area contributed by atoms with E-state index in [0.717, 1.165) is 0 Å². The predicted molar refractivity (Wildman–Crippen MR) is 85.0 cm³/mol. The summed E-state index contributed by atoms with van der Waals surface area (Å²) in [6.07, 6.45) is 4.82. The van der Waals surface area contributed by atoms with E-state index in [9.17, 15) is 14.4 Å². The van der Waals surface area contributed by atoms with Crippen molar-refractivity contribution in [1.82, 2.24) is 5.32 Å². The normalized spacial score (nSPS) is 11.7. The minimum atomic E-state index is -1.08. The minimum Gasteiger partial charge on any atom is -0.480 e. The lowest BCUT2D eigenvalue weighted by Gasteiger charge is -2.08. The van der Waals surface area contributed by atoms with Crippen LogP contribution in [0.5, 0.6) is 0 Å². The molecule has 0 saturated heterocycles. The van der Waals surface area contributed by atoms with Crippen molar-refractivity contribution in [2.75, 3.05) is 6.54 Å². The molecule has 0 aromatic carbocycles.